The Morgan fingerprint density at radius 3 is 1.86 bits per heavy atom. The van der Waals surface area contributed by atoms with E-state index in [1.165, 1.54) is 4.26 Å². The van der Waals surface area contributed by atoms with Gasteiger partial charge in [-0.15, -0.1) is 0 Å². The van der Waals surface area contributed by atoms with Crippen molar-refractivity contribution < 1.29 is 0 Å². The van der Waals surface area contributed by atoms with Gasteiger partial charge in [-0.05, 0) is 0 Å². The molecule has 0 saturated carbocycles. The van der Waals surface area contributed by atoms with Gasteiger partial charge in [-0.3, -0.25) is 0 Å². The average Bonchev–Trinajstić information content (AvgIpc) is 3.43. The summed E-state index contributed by atoms with van der Waals surface area (Å²) >= 11 is 0.0333. The van der Waals surface area contributed by atoms with Crippen molar-refractivity contribution >= 4 is 35.1 Å². The van der Waals surface area contributed by atoms with E-state index in [1.807, 2.05) is 72.9 Å². The van der Waals surface area contributed by atoms with E-state index < -0.39 is 0 Å². The molecule has 0 aliphatic heterocycles. The summed E-state index contributed by atoms with van der Waals surface area (Å²) in [6.45, 7) is 0. The SMILES string of the molecule is c1ccc(-c2nc(-c3ccccc3)nc(-c3cccc4ccc5nc(-c6cccnc6)[se]c5c34)n2)cc1. The monoisotopic (exact) mass is 541 g/mol. The van der Waals surface area contributed by atoms with E-state index in [2.05, 4.69) is 41.4 Å². The van der Waals surface area contributed by atoms with Crippen LogP contribution in [0.2, 0.25) is 0 Å². The van der Waals surface area contributed by atoms with Crippen molar-refractivity contribution in [3.8, 4) is 44.3 Å². The molecule has 0 aliphatic rings. The molecule has 4 aromatic carbocycles. The van der Waals surface area contributed by atoms with Gasteiger partial charge in [0.05, 0.1) is 0 Å². The van der Waals surface area contributed by atoms with Gasteiger partial charge in [-0.1, -0.05) is 0 Å². The van der Waals surface area contributed by atoms with E-state index in [0.29, 0.717) is 17.5 Å². The van der Waals surface area contributed by atoms with Gasteiger partial charge in [-0.25, -0.2) is 0 Å². The fourth-order valence-corrected chi connectivity index (χ4v) is 6.84. The van der Waals surface area contributed by atoms with E-state index in [9.17, 15) is 0 Å². The van der Waals surface area contributed by atoms with E-state index >= 15 is 0 Å². The van der Waals surface area contributed by atoms with Crippen molar-refractivity contribution in [3.63, 3.8) is 0 Å². The van der Waals surface area contributed by atoms with Crippen molar-refractivity contribution in [2.24, 2.45) is 0 Å². The quantitative estimate of drug-likeness (QED) is 0.233. The van der Waals surface area contributed by atoms with Gasteiger partial charge in [0.15, 0.2) is 0 Å². The molecule has 6 heteroatoms. The van der Waals surface area contributed by atoms with E-state index in [1.54, 1.807) is 6.20 Å². The summed E-state index contributed by atoms with van der Waals surface area (Å²) in [6, 6.07) is 34.8. The first-order chi connectivity index (χ1) is 18.3. The normalized spacial score (nSPS) is 11.2. The second-order valence-corrected chi connectivity index (χ2v) is 10.7. The molecule has 3 aromatic heterocycles. The summed E-state index contributed by atoms with van der Waals surface area (Å²) in [5, 5.41) is 2.32. The van der Waals surface area contributed by atoms with Crippen LogP contribution in [0.25, 0.3) is 64.8 Å². The molecule has 0 radical (unpaired) electrons. The summed E-state index contributed by atoms with van der Waals surface area (Å²) in [7, 11) is 0. The zero-order valence-electron chi connectivity index (χ0n) is 19.6. The van der Waals surface area contributed by atoms with Gasteiger partial charge >= 0.3 is 220 Å². The summed E-state index contributed by atoms with van der Waals surface area (Å²) in [4.78, 5) is 24.1. The van der Waals surface area contributed by atoms with Crippen LogP contribution in [0.1, 0.15) is 0 Å². The molecular weight excluding hydrogens is 521 g/mol. The second-order valence-electron chi connectivity index (χ2n) is 8.62. The summed E-state index contributed by atoms with van der Waals surface area (Å²) in [5.74, 6) is 1.98. The van der Waals surface area contributed by atoms with Crippen LogP contribution in [-0.2, 0) is 0 Å². The van der Waals surface area contributed by atoms with Crippen LogP contribution in [0.15, 0.2) is 116 Å². The van der Waals surface area contributed by atoms with Crippen LogP contribution >= 0.6 is 0 Å². The Kier molecular flexibility index (Phi) is 5.39. The minimum absolute atomic E-state index is 0.0333. The van der Waals surface area contributed by atoms with Crippen molar-refractivity contribution in [1.29, 1.82) is 0 Å². The molecule has 0 unspecified atom stereocenters. The number of benzene rings is 4. The molecule has 0 fully saturated rings. The number of rotatable bonds is 4. The molecule has 3 heterocycles. The number of hydrogen-bond acceptors (Lipinski definition) is 5. The first kappa shape index (κ1) is 21.7. The number of hydrogen-bond donors (Lipinski definition) is 0. The first-order valence-electron chi connectivity index (χ1n) is 11.9. The fourth-order valence-electron chi connectivity index (χ4n) is 4.48. The van der Waals surface area contributed by atoms with Gasteiger partial charge < -0.3 is 0 Å². The van der Waals surface area contributed by atoms with Crippen LogP contribution in [0.5, 0.6) is 0 Å². The van der Waals surface area contributed by atoms with Crippen LogP contribution in [0, 0.1) is 0 Å². The van der Waals surface area contributed by atoms with E-state index in [4.69, 9.17) is 19.9 Å². The average molecular weight is 540 g/mol. The van der Waals surface area contributed by atoms with Gasteiger partial charge in [0.25, 0.3) is 0 Å². The van der Waals surface area contributed by atoms with Gasteiger partial charge in [0, 0.05) is 0 Å². The maximum atomic E-state index is 4.99. The standard InChI is InChI=1S/C31H19N5Se/c1-3-9-21(10-4-1)28-34-29(22-11-5-2-6-12-22)36-30(35-28)24-15-7-13-20-16-17-25-27(26(20)24)37-31(33-25)23-14-8-18-32-19-23/h1-19H. The van der Waals surface area contributed by atoms with Gasteiger partial charge in [0.2, 0.25) is 0 Å². The third-order valence-corrected chi connectivity index (χ3v) is 8.63. The second kappa shape index (κ2) is 9.17. The number of fused-ring (bicyclic) bond motifs is 3. The van der Waals surface area contributed by atoms with Crippen LogP contribution in [-0.4, -0.2) is 39.4 Å². The van der Waals surface area contributed by atoms with E-state index in [0.717, 1.165) is 43.1 Å². The molecular formula is C31H19N5Se. The number of pyridine rings is 1. The Bertz CT molecular complexity index is 1810. The van der Waals surface area contributed by atoms with Crippen LogP contribution in [0.4, 0.5) is 0 Å². The Hall–Kier alpha value is -4.51. The Balaban J connectivity index is 1.50. The van der Waals surface area contributed by atoms with Crippen molar-refractivity contribution in [3.05, 3.63) is 116 Å². The first-order valence-corrected chi connectivity index (χ1v) is 13.6. The van der Waals surface area contributed by atoms with Crippen LogP contribution < -0.4 is 0 Å². The summed E-state index contributed by atoms with van der Waals surface area (Å²) < 4.78 is 2.34. The number of aromatic nitrogens is 5. The van der Waals surface area contributed by atoms with Gasteiger partial charge in [-0.2, -0.15) is 0 Å². The third kappa shape index (κ3) is 4.02. The topological polar surface area (TPSA) is 64.5 Å². The predicted molar refractivity (Wildman–Crippen MR) is 149 cm³/mol. The molecule has 0 bridgehead atoms. The molecule has 0 spiro atoms. The molecule has 0 saturated heterocycles. The third-order valence-electron chi connectivity index (χ3n) is 6.25. The molecule has 0 N–H and O–H groups in total. The molecule has 0 aliphatic carbocycles. The van der Waals surface area contributed by atoms with Crippen molar-refractivity contribution in [1.82, 2.24) is 24.9 Å². The van der Waals surface area contributed by atoms with Crippen molar-refractivity contribution in [2.45, 2.75) is 0 Å². The summed E-state index contributed by atoms with van der Waals surface area (Å²) in [5.41, 5.74) is 5.00. The zero-order valence-corrected chi connectivity index (χ0v) is 21.3. The Morgan fingerprint density at radius 2 is 1.19 bits per heavy atom. The summed E-state index contributed by atoms with van der Waals surface area (Å²) in [6.07, 6.45) is 3.68. The molecule has 37 heavy (non-hydrogen) atoms. The molecule has 5 nitrogen and oxygen atoms in total. The van der Waals surface area contributed by atoms with E-state index in [-0.39, 0.29) is 14.5 Å². The maximum absolute atomic E-state index is 4.99. The predicted octanol–water partition coefficient (Wildman–Crippen LogP) is 6.69. The van der Waals surface area contributed by atoms with Gasteiger partial charge in [0.1, 0.15) is 0 Å². The molecule has 174 valence electrons. The molecule has 0 atom stereocenters. The molecule has 7 aromatic rings. The van der Waals surface area contributed by atoms with Crippen LogP contribution in [0.3, 0.4) is 0 Å². The minimum atomic E-state index is 0.0333. The fraction of sp³-hybridized carbons (Fsp3) is 0. The Morgan fingerprint density at radius 1 is 0.514 bits per heavy atom. The molecule has 7 rings (SSSR count). The zero-order chi connectivity index (χ0) is 24.6. The Labute approximate surface area is 219 Å². The number of nitrogens with zero attached hydrogens (tertiary/aromatic N) is 5. The van der Waals surface area contributed by atoms with Crippen molar-refractivity contribution in [2.75, 3.05) is 0 Å². The molecule has 0 amide bonds.